The molecule has 0 fully saturated rings. The minimum Gasteiger partial charge on any atom is -0.386 e. The summed E-state index contributed by atoms with van der Waals surface area (Å²) in [5.74, 6) is -0.236. The third-order valence-corrected chi connectivity index (χ3v) is 6.36. The number of fused-ring (bicyclic) bond motifs is 2. The van der Waals surface area contributed by atoms with Gasteiger partial charge in [-0.05, 0) is 90.2 Å². The van der Waals surface area contributed by atoms with Gasteiger partial charge in [-0.2, -0.15) is 0 Å². The third-order valence-electron chi connectivity index (χ3n) is 6.36. The molecular formula is C29H28FN5. The molecule has 4 aromatic rings. The highest BCUT2D eigenvalue weighted by atomic mass is 19.1. The van der Waals surface area contributed by atoms with Crippen molar-refractivity contribution in [1.82, 2.24) is 15.3 Å². The number of pyridine rings is 1. The Morgan fingerprint density at radius 1 is 1.11 bits per heavy atom. The minimum atomic E-state index is -0.236. The average Bonchev–Trinajstić information content (AvgIpc) is 2.99. The first-order chi connectivity index (χ1) is 17.0. The lowest BCUT2D eigenvalue weighted by Gasteiger charge is -2.18. The number of nitrogens with one attached hydrogen (secondary N) is 2. The molecule has 1 aliphatic rings. The number of nitrogens with zero attached hydrogens (tertiary/aromatic N) is 3. The van der Waals surface area contributed by atoms with E-state index in [-0.39, 0.29) is 5.82 Å². The fourth-order valence-corrected chi connectivity index (χ4v) is 4.55. The van der Waals surface area contributed by atoms with Crippen LogP contribution in [-0.4, -0.2) is 16.5 Å². The van der Waals surface area contributed by atoms with Crippen molar-refractivity contribution in [2.45, 2.75) is 33.9 Å². The first kappa shape index (κ1) is 22.7. The Morgan fingerprint density at radius 2 is 2.00 bits per heavy atom. The van der Waals surface area contributed by atoms with Gasteiger partial charge >= 0.3 is 0 Å². The summed E-state index contributed by atoms with van der Waals surface area (Å²) in [6.45, 7) is 8.09. The normalized spacial score (nSPS) is 13.3. The zero-order valence-corrected chi connectivity index (χ0v) is 20.2. The molecule has 5 rings (SSSR count). The van der Waals surface area contributed by atoms with Gasteiger partial charge < -0.3 is 10.6 Å². The Morgan fingerprint density at radius 3 is 2.80 bits per heavy atom. The molecule has 0 radical (unpaired) electrons. The van der Waals surface area contributed by atoms with Crippen molar-refractivity contribution >= 4 is 22.0 Å². The molecule has 176 valence electrons. The molecule has 2 N–H and O–H groups in total. The Labute approximate surface area is 204 Å². The number of benzene rings is 2. The van der Waals surface area contributed by atoms with Gasteiger partial charge in [-0.15, -0.1) is 0 Å². The maximum absolute atomic E-state index is 14.0. The van der Waals surface area contributed by atoms with Crippen molar-refractivity contribution in [1.29, 1.82) is 0 Å². The van der Waals surface area contributed by atoms with E-state index in [9.17, 15) is 4.39 Å². The lowest BCUT2D eigenvalue weighted by Crippen LogP contribution is -2.16. The predicted molar refractivity (Wildman–Crippen MR) is 139 cm³/mol. The summed E-state index contributed by atoms with van der Waals surface area (Å²) in [5, 5.41) is 9.73. The number of aromatic nitrogens is 2. The molecule has 2 aromatic carbocycles. The number of rotatable bonds is 5. The molecule has 0 saturated carbocycles. The fourth-order valence-electron chi connectivity index (χ4n) is 4.55. The molecule has 0 aliphatic carbocycles. The highest BCUT2D eigenvalue weighted by Crippen LogP contribution is 2.31. The standard InChI is InChI=1S/C29H28FN5/c1-4-33-27-13-22-14-32-16-26(20-10-18(2)25-8-7-23(30)12-21(25)11-20)29(22)35-28(19(27)3)17-34-24-6-5-9-31-15-24/h5-13,15-16,32,34H,4,14,17H2,1-3H3. The molecule has 1 aliphatic heterocycles. The molecule has 0 atom stereocenters. The van der Waals surface area contributed by atoms with Gasteiger partial charge in [0.1, 0.15) is 5.82 Å². The summed E-state index contributed by atoms with van der Waals surface area (Å²) < 4.78 is 14.0. The summed E-state index contributed by atoms with van der Waals surface area (Å²) >= 11 is 0. The molecule has 0 bridgehead atoms. The van der Waals surface area contributed by atoms with Crippen LogP contribution < -0.4 is 16.0 Å². The lowest BCUT2D eigenvalue weighted by molar-refractivity contribution is 0.629. The van der Waals surface area contributed by atoms with Crippen molar-refractivity contribution in [3.8, 4) is 0 Å². The van der Waals surface area contributed by atoms with Crippen molar-refractivity contribution in [2.24, 2.45) is 4.99 Å². The Hall–Kier alpha value is -4.06. The maximum Gasteiger partial charge on any atom is 0.123 e. The van der Waals surface area contributed by atoms with E-state index in [2.05, 4.69) is 41.6 Å². The molecule has 3 heterocycles. The van der Waals surface area contributed by atoms with E-state index in [0.717, 1.165) is 61.0 Å². The molecule has 2 aromatic heterocycles. The zero-order chi connectivity index (χ0) is 24.4. The topological polar surface area (TPSA) is 62.2 Å². The van der Waals surface area contributed by atoms with E-state index in [1.54, 1.807) is 18.5 Å². The zero-order valence-electron chi connectivity index (χ0n) is 20.2. The monoisotopic (exact) mass is 465 g/mol. The SMILES string of the molecule is CCN=c1cc2c(nc(CNc3cccnc3)c1C)C(c1cc(C)c3ccc(F)cc3c1)=CNC2. The van der Waals surface area contributed by atoms with Gasteiger partial charge in [-0.1, -0.05) is 12.1 Å². The third kappa shape index (κ3) is 4.64. The van der Waals surface area contributed by atoms with Gasteiger partial charge in [-0.25, -0.2) is 4.39 Å². The van der Waals surface area contributed by atoms with Crippen molar-refractivity contribution in [3.63, 3.8) is 0 Å². The lowest BCUT2D eigenvalue weighted by atomic mass is 9.93. The predicted octanol–water partition coefficient (Wildman–Crippen LogP) is 5.41. The molecule has 0 saturated heterocycles. The van der Waals surface area contributed by atoms with E-state index in [4.69, 9.17) is 9.98 Å². The van der Waals surface area contributed by atoms with E-state index in [1.165, 1.54) is 6.07 Å². The summed E-state index contributed by atoms with van der Waals surface area (Å²) in [5.41, 5.74) is 8.01. The number of hydrogen-bond donors (Lipinski definition) is 2. The van der Waals surface area contributed by atoms with Crippen LogP contribution in [0.3, 0.4) is 0 Å². The van der Waals surface area contributed by atoms with Crippen LogP contribution in [0.2, 0.25) is 0 Å². The maximum atomic E-state index is 14.0. The molecule has 6 heteroatoms. The van der Waals surface area contributed by atoms with Crippen LogP contribution in [0.5, 0.6) is 0 Å². The van der Waals surface area contributed by atoms with Gasteiger partial charge in [0.05, 0.1) is 29.0 Å². The van der Waals surface area contributed by atoms with Crippen LogP contribution >= 0.6 is 0 Å². The van der Waals surface area contributed by atoms with E-state index < -0.39 is 0 Å². The van der Waals surface area contributed by atoms with Crippen LogP contribution in [0.1, 0.15) is 40.6 Å². The summed E-state index contributed by atoms with van der Waals surface area (Å²) in [4.78, 5) is 14.2. The second kappa shape index (κ2) is 9.66. The largest absolute Gasteiger partial charge is 0.386 e. The molecule has 5 nitrogen and oxygen atoms in total. The Bertz CT molecular complexity index is 1510. The first-order valence-corrected chi connectivity index (χ1v) is 11.9. The van der Waals surface area contributed by atoms with Crippen LogP contribution in [-0.2, 0) is 13.1 Å². The summed E-state index contributed by atoms with van der Waals surface area (Å²) in [7, 11) is 0. The minimum absolute atomic E-state index is 0.236. The second-order valence-electron chi connectivity index (χ2n) is 8.75. The van der Waals surface area contributed by atoms with Crippen LogP contribution in [0, 0.1) is 19.7 Å². The molecule has 0 amide bonds. The number of hydrogen-bond acceptors (Lipinski definition) is 5. The number of halogens is 1. The van der Waals surface area contributed by atoms with Gasteiger partial charge in [0, 0.05) is 37.3 Å². The highest BCUT2D eigenvalue weighted by Gasteiger charge is 2.19. The molecule has 35 heavy (non-hydrogen) atoms. The molecule has 0 unspecified atom stereocenters. The van der Waals surface area contributed by atoms with Gasteiger partial charge in [0.15, 0.2) is 0 Å². The summed E-state index contributed by atoms with van der Waals surface area (Å²) in [6, 6.07) is 15.2. The second-order valence-corrected chi connectivity index (χ2v) is 8.75. The van der Waals surface area contributed by atoms with Gasteiger partial charge in [-0.3, -0.25) is 15.0 Å². The van der Waals surface area contributed by atoms with Crippen LogP contribution in [0.4, 0.5) is 10.1 Å². The average molecular weight is 466 g/mol. The van der Waals surface area contributed by atoms with Gasteiger partial charge in [0.2, 0.25) is 0 Å². The molecular weight excluding hydrogens is 437 g/mol. The van der Waals surface area contributed by atoms with Crippen molar-refractivity contribution < 1.29 is 4.39 Å². The van der Waals surface area contributed by atoms with Crippen LogP contribution in [0.25, 0.3) is 16.3 Å². The Balaban J connectivity index is 1.66. The Kier molecular flexibility index (Phi) is 6.27. The van der Waals surface area contributed by atoms with Gasteiger partial charge in [0.25, 0.3) is 0 Å². The smallest absolute Gasteiger partial charge is 0.123 e. The van der Waals surface area contributed by atoms with Crippen molar-refractivity contribution in [2.75, 3.05) is 11.9 Å². The number of aryl methyl sites for hydroxylation is 1. The van der Waals surface area contributed by atoms with E-state index in [0.29, 0.717) is 19.6 Å². The van der Waals surface area contributed by atoms with Crippen molar-refractivity contribution in [3.05, 3.63) is 112 Å². The van der Waals surface area contributed by atoms with E-state index >= 15 is 0 Å². The quantitative estimate of drug-likeness (QED) is 0.414. The molecule has 0 spiro atoms. The highest BCUT2D eigenvalue weighted by molar-refractivity contribution is 5.92. The fraction of sp³-hybridized carbons (Fsp3) is 0.207. The van der Waals surface area contributed by atoms with E-state index in [1.807, 2.05) is 37.4 Å². The number of anilines is 1. The summed E-state index contributed by atoms with van der Waals surface area (Å²) in [6.07, 6.45) is 5.57. The van der Waals surface area contributed by atoms with Crippen LogP contribution in [0.15, 0.2) is 72.1 Å². The first-order valence-electron chi connectivity index (χ1n) is 11.9.